The van der Waals surface area contributed by atoms with Gasteiger partial charge in [-0.15, -0.1) is 0 Å². The zero-order valence-electron chi connectivity index (χ0n) is 22.8. The van der Waals surface area contributed by atoms with Crippen LogP contribution in [0.2, 0.25) is 5.02 Å². The zero-order valence-corrected chi connectivity index (χ0v) is 23.6. The van der Waals surface area contributed by atoms with Gasteiger partial charge < -0.3 is 24.2 Å². The van der Waals surface area contributed by atoms with Crippen LogP contribution in [0.5, 0.6) is 11.5 Å². The van der Waals surface area contributed by atoms with Gasteiger partial charge in [0.1, 0.15) is 35.7 Å². The van der Waals surface area contributed by atoms with Crippen LogP contribution in [0.3, 0.4) is 0 Å². The standard InChI is InChI=1S/C29H29ClFN5O5/c1-29(2)28(40-7-5-34(29)16-38)26-23-15-41-25-12-24(39-3)21(17-13-32-35(14-17)4-6-37)11-22(25)27(23)36(33-26)20-9-18(30)8-19(31)10-20/h8-14,16,28,37H,4-7,15H2,1-3H3. The van der Waals surface area contributed by atoms with Crippen LogP contribution < -0.4 is 9.47 Å². The lowest BCUT2D eigenvalue weighted by Gasteiger charge is -2.45. The van der Waals surface area contributed by atoms with Crippen LogP contribution in [0.1, 0.15) is 31.2 Å². The number of amides is 1. The fraction of sp³-hybridized carbons (Fsp3) is 0.345. The third-order valence-corrected chi connectivity index (χ3v) is 7.90. The second-order valence-electron chi connectivity index (χ2n) is 10.5. The molecule has 1 atom stereocenters. The molecular formula is C29H29ClFN5O5. The number of ether oxygens (including phenoxy) is 3. The summed E-state index contributed by atoms with van der Waals surface area (Å²) in [6.45, 7) is 5.15. The minimum atomic E-state index is -0.709. The summed E-state index contributed by atoms with van der Waals surface area (Å²) >= 11 is 6.28. The Morgan fingerprint density at radius 3 is 2.80 bits per heavy atom. The number of aromatic nitrogens is 4. The summed E-state index contributed by atoms with van der Waals surface area (Å²) in [5.74, 6) is 0.641. The highest BCUT2D eigenvalue weighted by Crippen LogP contribution is 2.48. The summed E-state index contributed by atoms with van der Waals surface area (Å²) in [6, 6.07) is 7.99. The quantitative estimate of drug-likeness (QED) is 0.323. The van der Waals surface area contributed by atoms with Crippen LogP contribution in [0.15, 0.2) is 42.7 Å². The lowest BCUT2D eigenvalue weighted by molar-refractivity contribution is -0.147. The Balaban J connectivity index is 1.59. The van der Waals surface area contributed by atoms with E-state index in [9.17, 15) is 14.3 Å². The maximum absolute atomic E-state index is 14.6. The van der Waals surface area contributed by atoms with Gasteiger partial charge in [-0.05, 0) is 38.1 Å². The van der Waals surface area contributed by atoms with Crippen LogP contribution in [-0.2, 0) is 22.7 Å². The Bertz CT molecular complexity index is 1610. The summed E-state index contributed by atoms with van der Waals surface area (Å²) in [5.41, 5.74) is 4.00. The number of hydrogen-bond donors (Lipinski definition) is 1. The number of aliphatic hydroxyl groups is 1. The molecule has 41 heavy (non-hydrogen) atoms. The van der Waals surface area contributed by atoms with E-state index in [-0.39, 0.29) is 18.2 Å². The first kappa shape index (κ1) is 27.3. The zero-order chi connectivity index (χ0) is 28.9. The highest BCUT2D eigenvalue weighted by molar-refractivity contribution is 6.30. The van der Waals surface area contributed by atoms with E-state index >= 15 is 0 Å². The fourth-order valence-electron chi connectivity index (χ4n) is 5.60. The number of halogens is 2. The van der Waals surface area contributed by atoms with Crippen LogP contribution in [0.4, 0.5) is 4.39 Å². The average molecular weight is 582 g/mol. The van der Waals surface area contributed by atoms with Crippen molar-refractivity contribution in [3.8, 4) is 39.6 Å². The molecule has 214 valence electrons. The van der Waals surface area contributed by atoms with Crippen molar-refractivity contribution in [3.63, 3.8) is 0 Å². The normalized spacial score (nSPS) is 17.5. The second-order valence-corrected chi connectivity index (χ2v) is 10.9. The maximum Gasteiger partial charge on any atom is 0.210 e. The molecule has 2 aromatic heterocycles. The summed E-state index contributed by atoms with van der Waals surface area (Å²) in [5, 5.41) is 18.9. The number of aliphatic hydroxyl groups excluding tert-OH is 1. The monoisotopic (exact) mass is 581 g/mol. The van der Waals surface area contributed by atoms with Gasteiger partial charge in [0.15, 0.2) is 0 Å². The predicted molar refractivity (Wildman–Crippen MR) is 149 cm³/mol. The molecular weight excluding hydrogens is 553 g/mol. The molecule has 2 aliphatic heterocycles. The smallest absolute Gasteiger partial charge is 0.210 e. The maximum atomic E-state index is 14.6. The number of carbonyl (C=O) groups excluding carboxylic acids is 1. The molecule has 0 aliphatic carbocycles. The van der Waals surface area contributed by atoms with Gasteiger partial charge in [0.25, 0.3) is 0 Å². The molecule has 2 aliphatic rings. The molecule has 1 saturated heterocycles. The molecule has 10 nitrogen and oxygen atoms in total. The number of hydrogen-bond acceptors (Lipinski definition) is 7. The van der Waals surface area contributed by atoms with Crippen molar-refractivity contribution in [2.24, 2.45) is 0 Å². The summed E-state index contributed by atoms with van der Waals surface area (Å²) in [6.07, 6.45) is 3.78. The topological polar surface area (TPSA) is 104 Å². The largest absolute Gasteiger partial charge is 0.496 e. The van der Waals surface area contributed by atoms with Crippen molar-refractivity contribution >= 4 is 18.0 Å². The number of nitrogens with zero attached hydrogens (tertiary/aromatic N) is 5. The van der Waals surface area contributed by atoms with Crippen molar-refractivity contribution in [1.82, 2.24) is 24.5 Å². The van der Waals surface area contributed by atoms with Gasteiger partial charge >= 0.3 is 0 Å². The van der Waals surface area contributed by atoms with E-state index in [0.717, 1.165) is 23.1 Å². The van der Waals surface area contributed by atoms with E-state index in [1.54, 1.807) is 33.6 Å². The Labute approximate surface area is 240 Å². The van der Waals surface area contributed by atoms with Gasteiger partial charge in [-0.1, -0.05) is 11.6 Å². The molecule has 0 bridgehead atoms. The van der Waals surface area contributed by atoms with E-state index in [4.69, 9.17) is 30.9 Å². The average Bonchev–Trinajstić information content (AvgIpc) is 3.57. The minimum absolute atomic E-state index is 0.0427. The summed E-state index contributed by atoms with van der Waals surface area (Å²) < 4.78 is 36.1. The highest BCUT2D eigenvalue weighted by Gasteiger charge is 2.44. The van der Waals surface area contributed by atoms with Gasteiger partial charge in [-0.2, -0.15) is 10.2 Å². The molecule has 1 amide bonds. The minimum Gasteiger partial charge on any atom is -0.496 e. The lowest BCUT2D eigenvalue weighted by Crippen LogP contribution is -2.54. The van der Waals surface area contributed by atoms with E-state index < -0.39 is 17.5 Å². The molecule has 0 spiro atoms. The van der Waals surface area contributed by atoms with E-state index in [1.165, 1.54) is 12.1 Å². The van der Waals surface area contributed by atoms with Gasteiger partial charge in [0, 0.05) is 46.1 Å². The number of methoxy groups -OCH3 is 1. The van der Waals surface area contributed by atoms with Gasteiger partial charge in [-0.3, -0.25) is 9.48 Å². The summed E-state index contributed by atoms with van der Waals surface area (Å²) in [4.78, 5) is 13.6. The van der Waals surface area contributed by atoms with Crippen molar-refractivity contribution in [1.29, 1.82) is 0 Å². The van der Waals surface area contributed by atoms with Crippen molar-refractivity contribution in [2.45, 2.75) is 38.6 Å². The molecule has 1 unspecified atom stereocenters. The SMILES string of the molecule is COc1cc2c(cc1-c1cnn(CCO)c1)-c1c(c(C3OCCN(C=O)C3(C)C)nn1-c1cc(F)cc(Cl)c1)CO2. The lowest BCUT2D eigenvalue weighted by atomic mass is 9.88. The van der Waals surface area contributed by atoms with Crippen LogP contribution in [0.25, 0.3) is 28.1 Å². The van der Waals surface area contributed by atoms with Gasteiger partial charge in [0.05, 0.1) is 50.0 Å². The Morgan fingerprint density at radius 1 is 1.24 bits per heavy atom. The molecule has 2 aromatic carbocycles. The molecule has 0 saturated carbocycles. The number of morpholine rings is 1. The Hall–Kier alpha value is -3.93. The van der Waals surface area contributed by atoms with Crippen LogP contribution in [-0.4, -0.2) is 68.4 Å². The first-order valence-electron chi connectivity index (χ1n) is 13.2. The van der Waals surface area contributed by atoms with Crippen molar-refractivity contribution in [2.75, 3.05) is 26.9 Å². The third kappa shape index (κ3) is 4.63. The predicted octanol–water partition coefficient (Wildman–Crippen LogP) is 4.40. The molecule has 1 N–H and O–H groups in total. The van der Waals surface area contributed by atoms with E-state index in [0.29, 0.717) is 53.8 Å². The molecule has 12 heteroatoms. The first-order valence-corrected chi connectivity index (χ1v) is 13.5. The Morgan fingerprint density at radius 2 is 2.07 bits per heavy atom. The third-order valence-electron chi connectivity index (χ3n) is 7.68. The van der Waals surface area contributed by atoms with E-state index in [1.807, 2.05) is 32.2 Å². The first-order chi connectivity index (χ1) is 19.7. The number of rotatable bonds is 7. The van der Waals surface area contributed by atoms with Crippen LogP contribution in [0, 0.1) is 5.82 Å². The molecule has 1 fully saturated rings. The second kappa shape index (κ2) is 10.5. The number of fused-ring (bicyclic) bond motifs is 3. The molecule has 6 rings (SSSR count). The van der Waals surface area contributed by atoms with Crippen molar-refractivity contribution in [3.05, 3.63) is 64.8 Å². The van der Waals surface area contributed by atoms with Gasteiger partial charge in [-0.25, -0.2) is 9.07 Å². The van der Waals surface area contributed by atoms with E-state index in [2.05, 4.69) is 5.10 Å². The van der Waals surface area contributed by atoms with Crippen LogP contribution >= 0.6 is 11.6 Å². The number of carbonyl (C=O) groups is 1. The Kier molecular flexibility index (Phi) is 6.96. The highest BCUT2D eigenvalue weighted by atomic mass is 35.5. The fourth-order valence-corrected chi connectivity index (χ4v) is 5.81. The number of benzene rings is 2. The molecule has 4 aromatic rings. The summed E-state index contributed by atoms with van der Waals surface area (Å²) in [7, 11) is 1.58. The molecule has 4 heterocycles. The van der Waals surface area contributed by atoms with Gasteiger partial charge in [0.2, 0.25) is 6.41 Å². The molecule has 0 radical (unpaired) electrons. The van der Waals surface area contributed by atoms with Crippen molar-refractivity contribution < 1.29 is 28.5 Å².